The molecule has 0 saturated carbocycles. The van der Waals surface area contributed by atoms with Crippen LogP contribution in [-0.4, -0.2) is 26.9 Å². The first-order chi connectivity index (χ1) is 10.6. The molecule has 0 aliphatic carbocycles. The summed E-state index contributed by atoms with van der Waals surface area (Å²) >= 11 is 5.89. The van der Waals surface area contributed by atoms with Crippen molar-refractivity contribution in [3.8, 4) is 11.1 Å². The summed E-state index contributed by atoms with van der Waals surface area (Å²) in [6.07, 6.45) is 2.27. The Hall–Kier alpha value is -2.66. The van der Waals surface area contributed by atoms with Gasteiger partial charge in [0, 0.05) is 16.8 Å². The van der Waals surface area contributed by atoms with Gasteiger partial charge in [0.2, 0.25) is 0 Å². The van der Waals surface area contributed by atoms with Crippen LogP contribution in [0, 0.1) is 0 Å². The first-order valence-corrected chi connectivity index (χ1v) is 6.91. The van der Waals surface area contributed by atoms with Gasteiger partial charge in [-0.2, -0.15) is 0 Å². The number of hydrogen-bond donors (Lipinski definition) is 1. The molecule has 0 aliphatic rings. The Morgan fingerprint density at radius 3 is 2.64 bits per heavy atom. The van der Waals surface area contributed by atoms with Gasteiger partial charge in [0.05, 0.1) is 17.6 Å². The minimum atomic E-state index is -1.11. The SMILES string of the molecule is O=CCn1c(C(=O)O)c(-c2ccc(Cl)cc2)c2ncccc21. The average molecular weight is 315 g/mol. The lowest BCUT2D eigenvalue weighted by molar-refractivity contribution is -0.108. The Morgan fingerprint density at radius 2 is 2.00 bits per heavy atom. The number of hydrogen-bond acceptors (Lipinski definition) is 3. The Labute approximate surface area is 130 Å². The lowest BCUT2D eigenvalue weighted by Crippen LogP contribution is -2.10. The molecule has 0 saturated heterocycles. The summed E-state index contributed by atoms with van der Waals surface area (Å²) in [6, 6.07) is 10.3. The van der Waals surface area contributed by atoms with E-state index in [1.165, 1.54) is 4.57 Å². The molecule has 0 bridgehead atoms. The first kappa shape index (κ1) is 14.3. The average Bonchev–Trinajstić information content (AvgIpc) is 2.84. The lowest BCUT2D eigenvalue weighted by atomic mass is 10.0. The highest BCUT2D eigenvalue weighted by molar-refractivity contribution is 6.30. The third-order valence-corrected chi connectivity index (χ3v) is 3.67. The number of aromatic carboxylic acids is 1. The molecule has 22 heavy (non-hydrogen) atoms. The number of halogens is 1. The van der Waals surface area contributed by atoms with Gasteiger partial charge in [-0.1, -0.05) is 23.7 Å². The van der Waals surface area contributed by atoms with Gasteiger partial charge in [-0.05, 0) is 29.8 Å². The van der Waals surface area contributed by atoms with Gasteiger partial charge < -0.3 is 14.5 Å². The zero-order valence-electron chi connectivity index (χ0n) is 11.4. The number of aromatic nitrogens is 2. The van der Waals surface area contributed by atoms with E-state index < -0.39 is 5.97 Å². The Morgan fingerprint density at radius 1 is 1.27 bits per heavy atom. The number of carboxylic acid groups (broad SMARTS) is 1. The Balaban J connectivity index is 2.41. The van der Waals surface area contributed by atoms with E-state index in [9.17, 15) is 14.7 Å². The number of rotatable bonds is 4. The van der Waals surface area contributed by atoms with E-state index in [0.717, 1.165) is 0 Å². The van der Waals surface area contributed by atoms with Crippen molar-refractivity contribution in [2.45, 2.75) is 6.54 Å². The number of carboxylic acids is 1. The summed E-state index contributed by atoms with van der Waals surface area (Å²) in [6.45, 7) is -0.0442. The predicted molar refractivity (Wildman–Crippen MR) is 83.2 cm³/mol. The molecule has 1 aromatic carbocycles. The fourth-order valence-electron chi connectivity index (χ4n) is 2.55. The third-order valence-electron chi connectivity index (χ3n) is 3.41. The van der Waals surface area contributed by atoms with Crippen molar-refractivity contribution < 1.29 is 14.7 Å². The zero-order chi connectivity index (χ0) is 15.7. The summed E-state index contributed by atoms with van der Waals surface area (Å²) in [4.78, 5) is 27.0. The molecule has 0 radical (unpaired) electrons. The second-order valence-corrected chi connectivity index (χ2v) is 5.12. The van der Waals surface area contributed by atoms with E-state index in [4.69, 9.17) is 11.6 Å². The molecule has 2 heterocycles. The third kappa shape index (κ3) is 2.25. The van der Waals surface area contributed by atoms with E-state index in [1.54, 1.807) is 42.6 Å². The number of pyridine rings is 1. The Kier molecular flexibility index (Phi) is 3.65. The molecule has 0 aliphatic heterocycles. The van der Waals surface area contributed by atoms with Crippen molar-refractivity contribution in [3.05, 3.63) is 53.3 Å². The molecular formula is C16H11ClN2O3. The van der Waals surface area contributed by atoms with Crippen molar-refractivity contribution >= 4 is 34.9 Å². The van der Waals surface area contributed by atoms with Gasteiger partial charge in [-0.25, -0.2) is 4.79 Å². The van der Waals surface area contributed by atoms with E-state index in [2.05, 4.69) is 4.98 Å². The summed E-state index contributed by atoms with van der Waals surface area (Å²) < 4.78 is 1.46. The van der Waals surface area contributed by atoms with Gasteiger partial charge in [0.15, 0.2) is 0 Å². The monoisotopic (exact) mass is 314 g/mol. The summed E-state index contributed by atoms with van der Waals surface area (Å²) in [5, 5.41) is 10.2. The molecule has 0 atom stereocenters. The van der Waals surface area contributed by atoms with E-state index in [0.29, 0.717) is 33.5 Å². The minimum absolute atomic E-state index is 0.0442. The van der Waals surface area contributed by atoms with Crippen LogP contribution in [0.2, 0.25) is 5.02 Å². The topological polar surface area (TPSA) is 72.2 Å². The largest absolute Gasteiger partial charge is 0.477 e. The molecule has 1 N–H and O–H groups in total. The fraction of sp³-hybridized carbons (Fsp3) is 0.0625. The smallest absolute Gasteiger partial charge is 0.353 e. The van der Waals surface area contributed by atoms with Gasteiger partial charge in [-0.15, -0.1) is 0 Å². The second kappa shape index (κ2) is 5.61. The van der Waals surface area contributed by atoms with Crippen molar-refractivity contribution in [3.63, 3.8) is 0 Å². The quantitative estimate of drug-likeness (QED) is 0.750. The van der Waals surface area contributed by atoms with Crippen LogP contribution in [-0.2, 0) is 11.3 Å². The molecule has 3 rings (SSSR count). The molecule has 0 unspecified atom stereocenters. The number of carbonyl (C=O) groups is 2. The van der Waals surface area contributed by atoms with Crippen LogP contribution in [0.1, 0.15) is 10.5 Å². The van der Waals surface area contributed by atoms with E-state index in [-0.39, 0.29) is 12.2 Å². The number of aldehydes is 1. The maximum absolute atomic E-state index is 11.7. The lowest BCUT2D eigenvalue weighted by Gasteiger charge is -2.05. The maximum Gasteiger partial charge on any atom is 0.353 e. The fourth-order valence-corrected chi connectivity index (χ4v) is 2.68. The van der Waals surface area contributed by atoms with Crippen LogP contribution in [0.15, 0.2) is 42.6 Å². The van der Waals surface area contributed by atoms with E-state index >= 15 is 0 Å². The molecule has 2 aromatic heterocycles. The predicted octanol–water partition coefficient (Wildman–Crippen LogP) is 3.25. The molecule has 5 nitrogen and oxygen atoms in total. The van der Waals surface area contributed by atoms with Crippen LogP contribution >= 0.6 is 11.6 Å². The number of benzene rings is 1. The van der Waals surface area contributed by atoms with Crippen molar-refractivity contribution in [2.24, 2.45) is 0 Å². The van der Waals surface area contributed by atoms with Gasteiger partial charge in [0.25, 0.3) is 0 Å². The number of nitrogens with zero attached hydrogens (tertiary/aromatic N) is 2. The van der Waals surface area contributed by atoms with Crippen molar-refractivity contribution in [1.82, 2.24) is 9.55 Å². The summed E-state index contributed by atoms with van der Waals surface area (Å²) in [5.74, 6) is -1.11. The van der Waals surface area contributed by atoms with Crippen LogP contribution in [0.25, 0.3) is 22.2 Å². The molecule has 0 amide bonds. The Bertz CT molecular complexity index is 869. The number of fused-ring (bicyclic) bond motifs is 1. The summed E-state index contributed by atoms with van der Waals surface area (Å²) in [5.41, 5.74) is 2.38. The second-order valence-electron chi connectivity index (χ2n) is 4.68. The molecule has 6 heteroatoms. The van der Waals surface area contributed by atoms with Crippen molar-refractivity contribution in [1.29, 1.82) is 0 Å². The standard InChI is InChI=1S/C16H11ClN2O3/c17-11-5-3-10(4-6-11)13-14-12(2-1-7-18-14)19(8-9-20)15(13)16(21)22/h1-7,9H,8H2,(H,21,22). The number of carbonyl (C=O) groups excluding carboxylic acids is 1. The minimum Gasteiger partial charge on any atom is -0.477 e. The molecule has 3 aromatic rings. The van der Waals surface area contributed by atoms with Gasteiger partial charge >= 0.3 is 5.97 Å². The van der Waals surface area contributed by atoms with E-state index in [1.807, 2.05) is 0 Å². The molecule has 110 valence electrons. The molecular weight excluding hydrogens is 304 g/mol. The summed E-state index contributed by atoms with van der Waals surface area (Å²) in [7, 11) is 0. The van der Waals surface area contributed by atoms with Crippen LogP contribution in [0.4, 0.5) is 0 Å². The molecule has 0 spiro atoms. The highest BCUT2D eigenvalue weighted by atomic mass is 35.5. The van der Waals surface area contributed by atoms with Crippen LogP contribution in [0.3, 0.4) is 0 Å². The highest BCUT2D eigenvalue weighted by Crippen LogP contribution is 2.34. The van der Waals surface area contributed by atoms with Crippen LogP contribution in [0.5, 0.6) is 0 Å². The van der Waals surface area contributed by atoms with Gasteiger partial charge in [-0.3, -0.25) is 4.98 Å². The van der Waals surface area contributed by atoms with Crippen molar-refractivity contribution in [2.75, 3.05) is 0 Å². The highest BCUT2D eigenvalue weighted by Gasteiger charge is 2.24. The molecule has 0 fully saturated rings. The zero-order valence-corrected chi connectivity index (χ0v) is 12.1. The van der Waals surface area contributed by atoms with Gasteiger partial charge in [0.1, 0.15) is 12.0 Å². The maximum atomic E-state index is 11.7. The van der Waals surface area contributed by atoms with Crippen LogP contribution < -0.4 is 0 Å². The normalized spacial score (nSPS) is 10.8. The first-order valence-electron chi connectivity index (χ1n) is 6.53.